The Balaban J connectivity index is 1.39. The summed E-state index contributed by atoms with van der Waals surface area (Å²) in [6.45, 7) is 6.93. The first-order valence-electron chi connectivity index (χ1n) is 8.15. The standard InChI is InChI=1S/C17H22FN5O/c1-13-12-16(21-20-13)17(24)19-6-7-22-8-10-23(11-9-22)15-4-2-14(18)3-5-15/h2-5,12H,6-11H2,1H3,(H,19,24)(H,20,21). The van der Waals surface area contributed by atoms with Gasteiger partial charge in [-0.25, -0.2) is 4.39 Å². The minimum absolute atomic E-state index is 0.149. The number of hydrogen-bond donors (Lipinski definition) is 2. The fraction of sp³-hybridized carbons (Fsp3) is 0.412. The summed E-state index contributed by atoms with van der Waals surface area (Å²) >= 11 is 0. The molecule has 0 spiro atoms. The second kappa shape index (κ2) is 7.44. The van der Waals surface area contributed by atoms with Crippen LogP contribution in [-0.4, -0.2) is 60.3 Å². The highest BCUT2D eigenvalue weighted by Crippen LogP contribution is 2.16. The maximum atomic E-state index is 13.0. The van der Waals surface area contributed by atoms with Gasteiger partial charge in [0.1, 0.15) is 11.5 Å². The van der Waals surface area contributed by atoms with Gasteiger partial charge in [0.05, 0.1) is 0 Å². The lowest BCUT2D eigenvalue weighted by molar-refractivity contribution is 0.0942. The monoisotopic (exact) mass is 331 g/mol. The lowest BCUT2D eigenvalue weighted by Crippen LogP contribution is -2.48. The molecule has 1 fully saturated rings. The van der Waals surface area contributed by atoms with Gasteiger partial charge in [0.25, 0.3) is 5.91 Å². The van der Waals surface area contributed by atoms with Crippen LogP contribution in [0.5, 0.6) is 0 Å². The van der Waals surface area contributed by atoms with Gasteiger partial charge in [0, 0.05) is 50.6 Å². The Morgan fingerprint density at radius 2 is 1.96 bits per heavy atom. The van der Waals surface area contributed by atoms with Gasteiger partial charge in [-0.05, 0) is 37.3 Å². The number of nitrogens with one attached hydrogen (secondary N) is 2. The average molecular weight is 331 g/mol. The minimum atomic E-state index is -0.208. The number of H-pyrrole nitrogens is 1. The average Bonchev–Trinajstić information content (AvgIpc) is 3.03. The predicted molar refractivity (Wildman–Crippen MR) is 90.7 cm³/mol. The predicted octanol–water partition coefficient (Wildman–Crippen LogP) is 1.41. The zero-order chi connectivity index (χ0) is 16.9. The molecule has 7 heteroatoms. The third-order valence-corrected chi connectivity index (χ3v) is 4.22. The van der Waals surface area contributed by atoms with Crippen molar-refractivity contribution in [3.05, 3.63) is 47.5 Å². The minimum Gasteiger partial charge on any atom is -0.369 e. The molecule has 1 amide bonds. The van der Waals surface area contributed by atoms with E-state index in [1.54, 1.807) is 6.07 Å². The number of carbonyl (C=O) groups is 1. The van der Waals surface area contributed by atoms with Crippen LogP contribution >= 0.6 is 0 Å². The highest BCUT2D eigenvalue weighted by molar-refractivity contribution is 5.92. The molecule has 0 atom stereocenters. The summed E-state index contributed by atoms with van der Waals surface area (Å²) in [7, 11) is 0. The molecule has 3 rings (SSSR count). The zero-order valence-corrected chi connectivity index (χ0v) is 13.8. The SMILES string of the molecule is Cc1cc(C(=O)NCCN2CCN(c3ccc(F)cc3)CC2)n[nH]1. The van der Waals surface area contributed by atoms with Crippen molar-refractivity contribution in [3.8, 4) is 0 Å². The number of rotatable bonds is 5. The van der Waals surface area contributed by atoms with Gasteiger partial charge in [0.2, 0.25) is 0 Å². The number of aromatic amines is 1. The smallest absolute Gasteiger partial charge is 0.271 e. The largest absolute Gasteiger partial charge is 0.369 e. The van der Waals surface area contributed by atoms with Crippen molar-refractivity contribution in [2.45, 2.75) is 6.92 Å². The number of carbonyl (C=O) groups excluding carboxylic acids is 1. The number of hydrogen-bond acceptors (Lipinski definition) is 4. The Labute approximate surface area is 140 Å². The molecule has 0 bridgehead atoms. The number of benzene rings is 1. The van der Waals surface area contributed by atoms with Crippen molar-refractivity contribution >= 4 is 11.6 Å². The van der Waals surface area contributed by atoms with Gasteiger partial charge >= 0.3 is 0 Å². The molecule has 1 saturated heterocycles. The van der Waals surface area contributed by atoms with E-state index in [0.29, 0.717) is 12.2 Å². The molecule has 2 N–H and O–H groups in total. The van der Waals surface area contributed by atoms with E-state index >= 15 is 0 Å². The summed E-state index contributed by atoms with van der Waals surface area (Å²) in [5, 5.41) is 9.60. The van der Waals surface area contributed by atoms with Crippen LogP contribution in [-0.2, 0) is 0 Å². The first-order chi connectivity index (χ1) is 11.6. The molecule has 2 aromatic rings. The van der Waals surface area contributed by atoms with Crippen LogP contribution in [0.2, 0.25) is 0 Å². The van der Waals surface area contributed by atoms with Crippen LogP contribution in [0.3, 0.4) is 0 Å². The van der Waals surface area contributed by atoms with E-state index in [2.05, 4.69) is 25.3 Å². The number of aryl methyl sites for hydroxylation is 1. The fourth-order valence-electron chi connectivity index (χ4n) is 2.83. The second-order valence-electron chi connectivity index (χ2n) is 6.00. The molecule has 24 heavy (non-hydrogen) atoms. The van der Waals surface area contributed by atoms with Gasteiger partial charge in [0.15, 0.2) is 0 Å². The van der Waals surface area contributed by atoms with Crippen LogP contribution in [0.4, 0.5) is 10.1 Å². The molecular weight excluding hydrogens is 309 g/mol. The Hall–Kier alpha value is -2.41. The van der Waals surface area contributed by atoms with Crippen molar-refractivity contribution < 1.29 is 9.18 Å². The van der Waals surface area contributed by atoms with Gasteiger partial charge in [-0.15, -0.1) is 0 Å². The first kappa shape index (κ1) is 16.4. The number of halogens is 1. The van der Waals surface area contributed by atoms with Crippen LogP contribution in [0.15, 0.2) is 30.3 Å². The molecule has 1 aromatic heterocycles. The van der Waals surface area contributed by atoms with Crippen LogP contribution in [0.1, 0.15) is 16.2 Å². The van der Waals surface area contributed by atoms with Gasteiger partial charge in [-0.1, -0.05) is 0 Å². The van der Waals surface area contributed by atoms with Gasteiger partial charge < -0.3 is 10.2 Å². The van der Waals surface area contributed by atoms with Crippen molar-refractivity contribution in [2.24, 2.45) is 0 Å². The maximum absolute atomic E-state index is 13.0. The van der Waals surface area contributed by atoms with Crippen LogP contribution < -0.4 is 10.2 Å². The van der Waals surface area contributed by atoms with Crippen molar-refractivity contribution in [1.29, 1.82) is 0 Å². The fourth-order valence-corrected chi connectivity index (χ4v) is 2.83. The molecular formula is C17H22FN5O. The van der Waals surface area contributed by atoms with Crippen molar-refractivity contribution in [1.82, 2.24) is 20.4 Å². The lowest BCUT2D eigenvalue weighted by atomic mass is 10.2. The topological polar surface area (TPSA) is 64.3 Å². The van der Waals surface area contributed by atoms with Crippen LogP contribution in [0, 0.1) is 12.7 Å². The third-order valence-electron chi connectivity index (χ3n) is 4.22. The Bertz CT molecular complexity index is 677. The van der Waals surface area contributed by atoms with Gasteiger partial charge in [-0.3, -0.25) is 14.8 Å². The summed E-state index contributed by atoms with van der Waals surface area (Å²) in [6.07, 6.45) is 0. The van der Waals surface area contributed by atoms with E-state index in [1.807, 2.05) is 19.1 Å². The first-order valence-corrected chi connectivity index (χ1v) is 8.15. The summed E-state index contributed by atoms with van der Waals surface area (Å²) in [5.74, 6) is -0.357. The normalized spacial score (nSPS) is 15.5. The molecule has 1 aliphatic heterocycles. The molecule has 128 valence electrons. The molecule has 2 heterocycles. The van der Waals surface area contributed by atoms with E-state index in [0.717, 1.165) is 44.1 Å². The van der Waals surface area contributed by atoms with E-state index in [9.17, 15) is 9.18 Å². The van der Waals surface area contributed by atoms with E-state index in [4.69, 9.17) is 0 Å². The van der Waals surface area contributed by atoms with Crippen molar-refractivity contribution in [2.75, 3.05) is 44.2 Å². The number of nitrogens with zero attached hydrogens (tertiary/aromatic N) is 3. The van der Waals surface area contributed by atoms with E-state index in [1.165, 1.54) is 12.1 Å². The summed E-state index contributed by atoms with van der Waals surface area (Å²) in [6, 6.07) is 8.35. The summed E-state index contributed by atoms with van der Waals surface area (Å²) < 4.78 is 13.0. The molecule has 6 nitrogen and oxygen atoms in total. The molecule has 0 aliphatic carbocycles. The number of aromatic nitrogens is 2. The van der Waals surface area contributed by atoms with Crippen LogP contribution in [0.25, 0.3) is 0 Å². The van der Waals surface area contributed by atoms with Gasteiger partial charge in [-0.2, -0.15) is 5.10 Å². The van der Waals surface area contributed by atoms with E-state index in [-0.39, 0.29) is 11.7 Å². The summed E-state index contributed by atoms with van der Waals surface area (Å²) in [4.78, 5) is 16.5. The summed E-state index contributed by atoms with van der Waals surface area (Å²) in [5.41, 5.74) is 2.35. The molecule has 1 aromatic carbocycles. The highest BCUT2D eigenvalue weighted by atomic mass is 19.1. The third kappa shape index (κ3) is 4.11. The molecule has 0 radical (unpaired) electrons. The number of anilines is 1. The maximum Gasteiger partial charge on any atom is 0.271 e. The molecule has 1 aliphatic rings. The Kier molecular flexibility index (Phi) is 5.10. The number of amides is 1. The highest BCUT2D eigenvalue weighted by Gasteiger charge is 2.17. The molecule has 0 saturated carbocycles. The Morgan fingerprint density at radius 1 is 1.25 bits per heavy atom. The molecule has 0 unspecified atom stereocenters. The second-order valence-corrected chi connectivity index (χ2v) is 6.00. The lowest BCUT2D eigenvalue weighted by Gasteiger charge is -2.36. The van der Waals surface area contributed by atoms with E-state index < -0.39 is 0 Å². The van der Waals surface area contributed by atoms with Crippen molar-refractivity contribution in [3.63, 3.8) is 0 Å². The zero-order valence-electron chi connectivity index (χ0n) is 13.8. The quantitative estimate of drug-likeness (QED) is 0.869. The number of piperazine rings is 1. The Morgan fingerprint density at radius 3 is 2.58 bits per heavy atom.